The quantitative estimate of drug-likeness (QED) is 0.0540. The van der Waals surface area contributed by atoms with Crippen molar-refractivity contribution in [2.45, 2.75) is 246 Å². The van der Waals surface area contributed by atoms with Gasteiger partial charge in [0.2, 0.25) is 0 Å². The van der Waals surface area contributed by atoms with E-state index in [0.29, 0.717) is 0 Å². The molecule has 0 radical (unpaired) electrons. The largest absolute Gasteiger partial charge is 0.256 e. The average Bonchev–Trinajstić information content (AvgIpc) is 3.40. The standard InChI is InChI=1S/C41H81N2/c1-4-7-10-13-16-19-21-22-23-24-25-27-30-33-36-41-42(37-34-31-28-18-15-12-9-6-3)39-40-43(41)38-35-32-29-26-20-17-14-11-8-5-2/h39-40H,4-38H2,1-3H3/q+1. The van der Waals surface area contributed by atoms with Crippen LogP contribution < -0.4 is 4.57 Å². The maximum atomic E-state index is 2.64. The minimum absolute atomic E-state index is 1.23. The van der Waals surface area contributed by atoms with E-state index in [0.717, 1.165) is 0 Å². The minimum Gasteiger partial charge on any atom is -0.234 e. The van der Waals surface area contributed by atoms with Crippen LogP contribution in [-0.2, 0) is 19.5 Å². The van der Waals surface area contributed by atoms with Crippen LogP contribution in [0.1, 0.15) is 232 Å². The minimum atomic E-state index is 1.23. The second-order valence-electron chi connectivity index (χ2n) is 14.1. The molecular weight excluding hydrogens is 520 g/mol. The Labute approximate surface area is 272 Å². The van der Waals surface area contributed by atoms with E-state index in [-0.39, 0.29) is 0 Å². The average molecular weight is 602 g/mol. The Kier molecular flexibility index (Phi) is 30.5. The van der Waals surface area contributed by atoms with Crippen molar-refractivity contribution in [1.82, 2.24) is 4.57 Å². The summed E-state index contributed by atoms with van der Waals surface area (Å²) in [5.41, 5.74) is 0. The number of imidazole rings is 1. The highest BCUT2D eigenvalue weighted by atomic mass is 15.1. The first-order valence-electron chi connectivity index (χ1n) is 20.4. The van der Waals surface area contributed by atoms with E-state index < -0.39 is 0 Å². The number of hydrogen-bond acceptors (Lipinski definition) is 0. The summed E-state index contributed by atoms with van der Waals surface area (Å²) in [7, 11) is 0. The zero-order valence-electron chi connectivity index (χ0n) is 30.3. The fourth-order valence-corrected chi connectivity index (χ4v) is 6.86. The van der Waals surface area contributed by atoms with Crippen LogP contribution in [-0.4, -0.2) is 4.57 Å². The molecule has 1 heterocycles. The van der Waals surface area contributed by atoms with Gasteiger partial charge in [0.25, 0.3) is 5.82 Å². The van der Waals surface area contributed by atoms with Crippen molar-refractivity contribution in [2.24, 2.45) is 0 Å². The molecule has 0 atom stereocenters. The Balaban J connectivity index is 2.28. The van der Waals surface area contributed by atoms with E-state index >= 15 is 0 Å². The van der Waals surface area contributed by atoms with Gasteiger partial charge < -0.3 is 0 Å². The molecule has 0 aliphatic carbocycles. The molecule has 2 heteroatoms. The number of unbranched alkanes of at least 4 members (excludes halogenated alkanes) is 29. The van der Waals surface area contributed by atoms with Crippen molar-refractivity contribution in [1.29, 1.82) is 0 Å². The number of rotatable bonds is 35. The molecule has 1 aromatic rings. The summed E-state index contributed by atoms with van der Waals surface area (Å²) in [5, 5.41) is 0. The normalized spacial score (nSPS) is 11.6. The monoisotopic (exact) mass is 602 g/mol. The summed E-state index contributed by atoms with van der Waals surface area (Å²) in [5.74, 6) is 1.62. The molecule has 0 unspecified atom stereocenters. The molecule has 43 heavy (non-hydrogen) atoms. The molecule has 0 aliphatic rings. The number of nitrogens with zero attached hydrogens (tertiary/aromatic N) is 2. The number of hydrogen-bond donors (Lipinski definition) is 0. The summed E-state index contributed by atoms with van der Waals surface area (Å²) in [6.45, 7) is 9.40. The van der Waals surface area contributed by atoms with Crippen LogP contribution in [0.15, 0.2) is 12.4 Å². The molecule has 0 saturated heterocycles. The van der Waals surface area contributed by atoms with Gasteiger partial charge in [-0.25, -0.2) is 9.13 Å². The summed E-state index contributed by atoms with van der Waals surface area (Å²) in [6, 6.07) is 0. The van der Waals surface area contributed by atoms with Gasteiger partial charge in [-0.1, -0.05) is 194 Å². The van der Waals surface area contributed by atoms with Crippen LogP contribution in [0.4, 0.5) is 0 Å². The zero-order valence-corrected chi connectivity index (χ0v) is 30.3. The van der Waals surface area contributed by atoms with Gasteiger partial charge in [0, 0.05) is 6.42 Å². The molecule has 1 rings (SSSR count). The Morgan fingerprint density at radius 1 is 0.395 bits per heavy atom. The Bertz CT molecular complexity index is 663. The van der Waals surface area contributed by atoms with Crippen molar-refractivity contribution >= 4 is 0 Å². The summed E-state index contributed by atoms with van der Waals surface area (Å²) >= 11 is 0. The van der Waals surface area contributed by atoms with E-state index in [4.69, 9.17) is 0 Å². The Morgan fingerprint density at radius 3 is 1.12 bits per heavy atom. The van der Waals surface area contributed by atoms with Gasteiger partial charge in [0.1, 0.15) is 12.4 Å². The van der Waals surface area contributed by atoms with Crippen LogP contribution in [0, 0.1) is 0 Å². The van der Waals surface area contributed by atoms with E-state index in [1.165, 1.54) is 225 Å². The van der Waals surface area contributed by atoms with Crippen LogP contribution in [0.3, 0.4) is 0 Å². The third kappa shape index (κ3) is 25.1. The van der Waals surface area contributed by atoms with Crippen molar-refractivity contribution in [3.05, 3.63) is 18.2 Å². The second-order valence-corrected chi connectivity index (χ2v) is 14.1. The van der Waals surface area contributed by atoms with E-state index in [1.54, 1.807) is 5.82 Å². The SMILES string of the molecule is CCCCCCCCCCCCCCCCc1n(CCCCCCCCCC)cc[n+]1CCCCCCCCCCCC. The highest BCUT2D eigenvalue weighted by Gasteiger charge is 2.16. The van der Waals surface area contributed by atoms with Crippen molar-refractivity contribution in [2.75, 3.05) is 0 Å². The molecule has 0 aromatic carbocycles. The van der Waals surface area contributed by atoms with Gasteiger partial charge in [-0.05, 0) is 32.1 Å². The van der Waals surface area contributed by atoms with Gasteiger partial charge in [-0.2, -0.15) is 0 Å². The predicted molar refractivity (Wildman–Crippen MR) is 193 cm³/mol. The topological polar surface area (TPSA) is 8.81 Å². The summed E-state index contributed by atoms with van der Waals surface area (Å²) < 4.78 is 5.27. The van der Waals surface area contributed by atoms with Crippen LogP contribution in [0.5, 0.6) is 0 Å². The summed E-state index contributed by atoms with van der Waals surface area (Å²) in [6.07, 6.45) is 51.9. The van der Waals surface area contributed by atoms with Crippen LogP contribution in [0.2, 0.25) is 0 Å². The van der Waals surface area contributed by atoms with Crippen LogP contribution >= 0.6 is 0 Å². The van der Waals surface area contributed by atoms with Gasteiger partial charge >= 0.3 is 0 Å². The lowest BCUT2D eigenvalue weighted by Crippen LogP contribution is -2.37. The second kappa shape index (κ2) is 32.6. The predicted octanol–water partition coefficient (Wildman–Crippen LogP) is 13.9. The molecule has 254 valence electrons. The highest BCUT2D eigenvalue weighted by Crippen LogP contribution is 2.15. The molecule has 0 bridgehead atoms. The Hall–Kier alpha value is -0.790. The maximum Gasteiger partial charge on any atom is 0.256 e. The molecule has 0 aliphatic heterocycles. The van der Waals surface area contributed by atoms with Gasteiger partial charge in [-0.15, -0.1) is 0 Å². The lowest BCUT2D eigenvalue weighted by molar-refractivity contribution is -0.704. The molecule has 0 spiro atoms. The van der Waals surface area contributed by atoms with Crippen molar-refractivity contribution in [3.8, 4) is 0 Å². The highest BCUT2D eigenvalue weighted by molar-refractivity contribution is 4.84. The Morgan fingerprint density at radius 2 is 0.721 bits per heavy atom. The first-order valence-corrected chi connectivity index (χ1v) is 20.4. The first-order chi connectivity index (χ1) is 21.3. The molecule has 1 aromatic heterocycles. The van der Waals surface area contributed by atoms with Gasteiger partial charge in [-0.3, -0.25) is 0 Å². The van der Waals surface area contributed by atoms with E-state index in [9.17, 15) is 0 Å². The third-order valence-corrected chi connectivity index (χ3v) is 9.85. The lowest BCUT2D eigenvalue weighted by Gasteiger charge is -2.07. The lowest BCUT2D eigenvalue weighted by atomic mass is 10.0. The fourth-order valence-electron chi connectivity index (χ4n) is 6.86. The van der Waals surface area contributed by atoms with Crippen molar-refractivity contribution in [3.63, 3.8) is 0 Å². The molecule has 0 amide bonds. The zero-order chi connectivity index (χ0) is 30.9. The maximum absolute atomic E-state index is 2.64. The smallest absolute Gasteiger partial charge is 0.234 e. The van der Waals surface area contributed by atoms with Gasteiger partial charge in [0.05, 0.1) is 13.1 Å². The molecule has 0 saturated carbocycles. The molecule has 0 fully saturated rings. The van der Waals surface area contributed by atoms with E-state index in [2.05, 4.69) is 42.3 Å². The number of aryl methyl sites for hydroxylation is 2. The van der Waals surface area contributed by atoms with Crippen molar-refractivity contribution < 1.29 is 4.57 Å². The van der Waals surface area contributed by atoms with E-state index in [1.807, 2.05) is 0 Å². The third-order valence-electron chi connectivity index (χ3n) is 9.85. The molecule has 2 nitrogen and oxygen atoms in total. The molecular formula is C41H81N2+. The first kappa shape index (κ1) is 40.2. The fraction of sp³-hybridized carbons (Fsp3) is 0.927. The van der Waals surface area contributed by atoms with Crippen LogP contribution in [0.25, 0.3) is 0 Å². The number of aromatic nitrogens is 2. The van der Waals surface area contributed by atoms with Gasteiger partial charge in [0.15, 0.2) is 0 Å². The molecule has 0 N–H and O–H groups in total. The summed E-state index contributed by atoms with van der Waals surface area (Å²) in [4.78, 5) is 0.